The summed E-state index contributed by atoms with van der Waals surface area (Å²) < 4.78 is 0. The third-order valence-corrected chi connectivity index (χ3v) is 1.94. The lowest BCUT2D eigenvalue weighted by molar-refractivity contribution is 0.758. The molecule has 64 valence electrons. The number of nitrogens with zero attached hydrogens (tertiary/aromatic N) is 1. The Balaban J connectivity index is 2.79. The molecule has 1 aromatic rings. The van der Waals surface area contributed by atoms with Gasteiger partial charge in [0.2, 0.25) is 0 Å². The fraction of sp³-hybridized carbons (Fsp3) is 0.300. The third kappa shape index (κ3) is 1.92. The number of nitrogens with two attached hydrogens (primary N) is 1. The molecular weight excluding hydrogens is 148 g/mol. The van der Waals surface area contributed by atoms with E-state index in [1.54, 1.807) is 6.20 Å². The van der Waals surface area contributed by atoms with Crippen molar-refractivity contribution >= 4 is 5.57 Å². The van der Waals surface area contributed by atoms with Crippen molar-refractivity contribution in [3.8, 4) is 0 Å². The van der Waals surface area contributed by atoms with E-state index < -0.39 is 0 Å². The van der Waals surface area contributed by atoms with Gasteiger partial charge in [-0.25, -0.2) is 0 Å². The highest BCUT2D eigenvalue weighted by Gasteiger charge is 2.06. The second kappa shape index (κ2) is 4.02. The molecule has 12 heavy (non-hydrogen) atoms. The molecule has 0 aliphatic carbocycles. The van der Waals surface area contributed by atoms with Crippen LogP contribution < -0.4 is 5.73 Å². The highest BCUT2D eigenvalue weighted by molar-refractivity contribution is 5.61. The molecule has 0 spiro atoms. The maximum atomic E-state index is 5.52. The molecule has 0 aromatic carbocycles. The summed E-state index contributed by atoms with van der Waals surface area (Å²) in [5.74, 6) is 0.305. The SMILES string of the molecule is C=C(c1ccccn1)C(C)CN. The summed E-state index contributed by atoms with van der Waals surface area (Å²) in [6.07, 6.45) is 1.77. The lowest BCUT2D eigenvalue weighted by Crippen LogP contribution is -2.12. The molecule has 1 atom stereocenters. The van der Waals surface area contributed by atoms with Crippen molar-refractivity contribution in [1.82, 2.24) is 4.98 Å². The molecule has 2 N–H and O–H groups in total. The normalized spacial score (nSPS) is 12.5. The number of aromatic nitrogens is 1. The van der Waals surface area contributed by atoms with Crippen LogP contribution in [0.4, 0.5) is 0 Å². The van der Waals surface area contributed by atoms with E-state index in [1.165, 1.54) is 0 Å². The Kier molecular flexibility index (Phi) is 3.00. The smallest absolute Gasteiger partial charge is 0.0658 e. The molecule has 2 nitrogen and oxygen atoms in total. The van der Waals surface area contributed by atoms with Gasteiger partial charge in [0.15, 0.2) is 0 Å². The van der Waals surface area contributed by atoms with Gasteiger partial charge in [0.25, 0.3) is 0 Å². The molecule has 0 saturated heterocycles. The molecule has 0 aliphatic rings. The van der Waals surface area contributed by atoms with Crippen LogP contribution in [0.25, 0.3) is 5.57 Å². The van der Waals surface area contributed by atoms with Crippen LogP contribution in [0.3, 0.4) is 0 Å². The monoisotopic (exact) mass is 162 g/mol. The van der Waals surface area contributed by atoms with Crippen LogP contribution in [0.5, 0.6) is 0 Å². The molecule has 0 bridgehead atoms. The zero-order chi connectivity index (χ0) is 8.97. The average molecular weight is 162 g/mol. The first kappa shape index (κ1) is 8.94. The van der Waals surface area contributed by atoms with Crippen LogP contribution in [0, 0.1) is 5.92 Å². The van der Waals surface area contributed by atoms with Gasteiger partial charge in [0.1, 0.15) is 0 Å². The molecule has 1 heterocycles. The zero-order valence-electron chi connectivity index (χ0n) is 7.33. The molecule has 0 radical (unpaired) electrons. The van der Waals surface area contributed by atoms with Crippen molar-refractivity contribution in [2.75, 3.05) is 6.54 Å². The number of hydrogen-bond donors (Lipinski definition) is 1. The third-order valence-electron chi connectivity index (χ3n) is 1.94. The first-order valence-electron chi connectivity index (χ1n) is 4.06. The van der Waals surface area contributed by atoms with Crippen LogP contribution >= 0.6 is 0 Å². The number of rotatable bonds is 3. The minimum Gasteiger partial charge on any atom is -0.330 e. The molecule has 0 saturated carbocycles. The van der Waals surface area contributed by atoms with Crippen molar-refractivity contribution < 1.29 is 0 Å². The van der Waals surface area contributed by atoms with Crippen LogP contribution in [0.1, 0.15) is 12.6 Å². The van der Waals surface area contributed by atoms with E-state index in [0.717, 1.165) is 11.3 Å². The van der Waals surface area contributed by atoms with Crippen LogP contribution in [0.15, 0.2) is 31.0 Å². The van der Waals surface area contributed by atoms with Gasteiger partial charge < -0.3 is 5.73 Å². The maximum absolute atomic E-state index is 5.52. The predicted octanol–water partition coefficient (Wildman–Crippen LogP) is 1.69. The van der Waals surface area contributed by atoms with E-state index in [0.29, 0.717) is 12.5 Å². The molecule has 1 unspecified atom stereocenters. The molecule has 1 rings (SSSR count). The van der Waals surface area contributed by atoms with Gasteiger partial charge in [-0.1, -0.05) is 19.6 Å². The lowest BCUT2D eigenvalue weighted by atomic mass is 10.00. The molecular formula is C10H14N2. The Morgan fingerprint density at radius 3 is 2.92 bits per heavy atom. The zero-order valence-corrected chi connectivity index (χ0v) is 7.33. The predicted molar refractivity (Wildman–Crippen MR) is 51.5 cm³/mol. The summed E-state index contributed by atoms with van der Waals surface area (Å²) >= 11 is 0. The summed E-state index contributed by atoms with van der Waals surface area (Å²) in [7, 11) is 0. The number of hydrogen-bond acceptors (Lipinski definition) is 2. The van der Waals surface area contributed by atoms with Crippen molar-refractivity contribution in [3.05, 3.63) is 36.7 Å². The highest BCUT2D eigenvalue weighted by atomic mass is 14.7. The van der Waals surface area contributed by atoms with Crippen molar-refractivity contribution in [2.45, 2.75) is 6.92 Å². The van der Waals surface area contributed by atoms with Gasteiger partial charge in [-0.05, 0) is 30.2 Å². The van der Waals surface area contributed by atoms with Crippen molar-refractivity contribution in [1.29, 1.82) is 0 Å². The van der Waals surface area contributed by atoms with E-state index in [-0.39, 0.29) is 0 Å². The summed E-state index contributed by atoms with van der Waals surface area (Å²) in [6.45, 7) is 6.63. The molecule has 1 aromatic heterocycles. The molecule has 2 heteroatoms. The Hall–Kier alpha value is -1.15. The van der Waals surface area contributed by atoms with E-state index in [2.05, 4.69) is 18.5 Å². The topological polar surface area (TPSA) is 38.9 Å². The Morgan fingerprint density at radius 2 is 2.42 bits per heavy atom. The van der Waals surface area contributed by atoms with E-state index >= 15 is 0 Å². The quantitative estimate of drug-likeness (QED) is 0.734. The van der Waals surface area contributed by atoms with E-state index in [1.807, 2.05) is 18.2 Å². The minimum absolute atomic E-state index is 0.305. The van der Waals surface area contributed by atoms with Crippen LogP contribution in [0.2, 0.25) is 0 Å². The van der Waals surface area contributed by atoms with Gasteiger partial charge in [-0.3, -0.25) is 4.98 Å². The van der Waals surface area contributed by atoms with Gasteiger partial charge >= 0.3 is 0 Å². The van der Waals surface area contributed by atoms with Crippen LogP contribution in [-0.2, 0) is 0 Å². The number of pyridine rings is 1. The standard InChI is InChI=1S/C10H14N2/c1-8(7-11)9(2)10-5-3-4-6-12-10/h3-6,8H,2,7,11H2,1H3. The fourth-order valence-electron chi connectivity index (χ4n) is 0.947. The Morgan fingerprint density at radius 1 is 1.67 bits per heavy atom. The fourth-order valence-corrected chi connectivity index (χ4v) is 0.947. The average Bonchev–Trinajstić information content (AvgIpc) is 2.17. The first-order chi connectivity index (χ1) is 5.75. The first-order valence-corrected chi connectivity index (χ1v) is 4.06. The molecule has 0 aliphatic heterocycles. The summed E-state index contributed by atoms with van der Waals surface area (Å²) in [5, 5.41) is 0. The summed E-state index contributed by atoms with van der Waals surface area (Å²) in [4.78, 5) is 4.19. The minimum atomic E-state index is 0.305. The van der Waals surface area contributed by atoms with E-state index in [4.69, 9.17) is 5.73 Å². The van der Waals surface area contributed by atoms with Gasteiger partial charge in [0.05, 0.1) is 5.69 Å². The lowest BCUT2D eigenvalue weighted by Gasteiger charge is -2.10. The second-order valence-corrected chi connectivity index (χ2v) is 2.88. The molecule has 0 amide bonds. The van der Waals surface area contributed by atoms with Gasteiger partial charge in [0, 0.05) is 6.20 Å². The molecule has 0 fully saturated rings. The van der Waals surface area contributed by atoms with Crippen molar-refractivity contribution in [3.63, 3.8) is 0 Å². The second-order valence-electron chi connectivity index (χ2n) is 2.88. The Bertz CT molecular complexity index is 254. The highest BCUT2D eigenvalue weighted by Crippen LogP contribution is 2.17. The van der Waals surface area contributed by atoms with Gasteiger partial charge in [-0.2, -0.15) is 0 Å². The maximum Gasteiger partial charge on any atom is 0.0658 e. The largest absolute Gasteiger partial charge is 0.330 e. The van der Waals surface area contributed by atoms with Crippen LogP contribution in [-0.4, -0.2) is 11.5 Å². The van der Waals surface area contributed by atoms with Gasteiger partial charge in [-0.15, -0.1) is 0 Å². The summed E-state index contributed by atoms with van der Waals surface area (Å²) in [6, 6.07) is 5.80. The summed E-state index contributed by atoms with van der Waals surface area (Å²) in [5.41, 5.74) is 7.47. The Labute approximate surface area is 73.1 Å². The van der Waals surface area contributed by atoms with Crippen molar-refractivity contribution in [2.24, 2.45) is 11.7 Å². The van der Waals surface area contributed by atoms with E-state index in [9.17, 15) is 0 Å².